The van der Waals surface area contributed by atoms with Gasteiger partial charge >= 0.3 is 5.97 Å². The van der Waals surface area contributed by atoms with E-state index in [1.54, 1.807) is 6.92 Å². The highest BCUT2D eigenvalue weighted by Gasteiger charge is 2.16. The number of benzene rings is 1. The van der Waals surface area contributed by atoms with Crippen LogP contribution in [-0.2, 0) is 9.53 Å². The molecule has 0 aliphatic carbocycles. The zero-order valence-corrected chi connectivity index (χ0v) is 11.1. The Morgan fingerprint density at radius 2 is 2.00 bits per heavy atom. The lowest BCUT2D eigenvalue weighted by atomic mass is 10.1. The number of hydrogen-bond acceptors (Lipinski definition) is 4. The van der Waals surface area contributed by atoms with Crippen LogP contribution in [0.1, 0.15) is 19.4 Å². The Labute approximate surface area is 107 Å². The van der Waals surface area contributed by atoms with E-state index in [1.165, 1.54) is 6.92 Å². The van der Waals surface area contributed by atoms with Gasteiger partial charge in [0.25, 0.3) is 0 Å². The summed E-state index contributed by atoms with van der Waals surface area (Å²) in [5, 5.41) is 12.1. The Morgan fingerprint density at radius 1 is 1.44 bits per heavy atom. The highest BCUT2D eigenvalue weighted by Crippen LogP contribution is 2.11. The first kappa shape index (κ1) is 13.0. The Bertz CT molecular complexity index is 400. The molecule has 0 saturated carbocycles. The topological polar surface area (TPSA) is 58.9 Å². The van der Waals surface area contributed by atoms with Crippen LogP contribution in [0.4, 0.5) is 0 Å². The van der Waals surface area contributed by atoms with Crippen molar-refractivity contribution < 1.29 is 14.7 Å². The largest absolute Gasteiger partial charge is 0.456 e. The fourth-order valence-electron chi connectivity index (χ4n) is 1.30. The normalized spacial score (nSPS) is 13.3. The van der Waals surface area contributed by atoms with E-state index < -0.39 is 12.1 Å². The average molecular weight is 333 g/mol. The molecular weight excluding hydrogens is 321 g/mol. The zero-order valence-electron chi connectivity index (χ0n) is 8.98. The maximum atomic E-state index is 10.8. The first-order chi connectivity index (χ1) is 7.54. The van der Waals surface area contributed by atoms with E-state index in [1.807, 2.05) is 24.3 Å². The molecule has 1 unspecified atom stereocenters. The van der Waals surface area contributed by atoms with Crippen LogP contribution in [0.5, 0.6) is 0 Å². The molecule has 1 aromatic rings. The molecule has 0 fully saturated rings. The smallest absolute Gasteiger partial charge is 0.303 e. The number of esters is 1. The standard InChI is InChI=1S/C11H12INO3/c1-7(16-8(2)14)11(13-15)9-3-5-10(12)6-4-9/h3-7,15H,1-2H3/b13-11+. The van der Waals surface area contributed by atoms with Crippen LogP contribution in [0.15, 0.2) is 29.4 Å². The van der Waals surface area contributed by atoms with E-state index >= 15 is 0 Å². The maximum Gasteiger partial charge on any atom is 0.303 e. The van der Waals surface area contributed by atoms with Gasteiger partial charge in [0.05, 0.1) is 0 Å². The van der Waals surface area contributed by atoms with Crippen molar-refractivity contribution in [2.75, 3.05) is 0 Å². The van der Waals surface area contributed by atoms with Gasteiger partial charge in [0.2, 0.25) is 0 Å². The van der Waals surface area contributed by atoms with Gasteiger partial charge in [0.1, 0.15) is 11.8 Å². The van der Waals surface area contributed by atoms with E-state index in [2.05, 4.69) is 27.7 Å². The van der Waals surface area contributed by atoms with Gasteiger partial charge in [-0.15, -0.1) is 0 Å². The summed E-state index contributed by atoms with van der Waals surface area (Å²) >= 11 is 2.18. The Balaban J connectivity index is 2.91. The van der Waals surface area contributed by atoms with Gasteiger partial charge in [-0.3, -0.25) is 4.79 Å². The zero-order chi connectivity index (χ0) is 12.1. The third kappa shape index (κ3) is 3.48. The van der Waals surface area contributed by atoms with E-state index in [4.69, 9.17) is 9.94 Å². The van der Waals surface area contributed by atoms with Crippen LogP contribution < -0.4 is 0 Å². The van der Waals surface area contributed by atoms with Gasteiger partial charge in [0.15, 0.2) is 0 Å². The van der Waals surface area contributed by atoms with Crippen LogP contribution in [0.2, 0.25) is 0 Å². The molecule has 1 N–H and O–H groups in total. The molecule has 0 aliphatic heterocycles. The van der Waals surface area contributed by atoms with Crippen LogP contribution in [0.25, 0.3) is 0 Å². The fraction of sp³-hybridized carbons (Fsp3) is 0.273. The number of halogens is 1. The van der Waals surface area contributed by atoms with Crippen molar-refractivity contribution in [3.8, 4) is 0 Å². The monoisotopic (exact) mass is 333 g/mol. The third-order valence-electron chi connectivity index (χ3n) is 1.98. The summed E-state index contributed by atoms with van der Waals surface area (Å²) in [6.45, 7) is 2.98. The summed E-state index contributed by atoms with van der Waals surface area (Å²) in [6, 6.07) is 7.41. The molecule has 0 aromatic heterocycles. The van der Waals surface area contributed by atoms with Crippen molar-refractivity contribution in [3.05, 3.63) is 33.4 Å². The highest BCUT2D eigenvalue weighted by molar-refractivity contribution is 14.1. The lowest BCUT2D eigenvalue weighted by molar-refractivity contribution is -0.142. The molecule has 1 aromatic carbocycles. The minimum Gasteiger partial charge on any atom is -0.456 e. The van der Waals surface area contributed by atoms with Gasteiger partial charge in [-0.2, -0.15) is 0 Å². The molecule has 0 heterocycles. The van der Waals surface area contributed by atoms with Crippen LogP contribution in [0, 0.1) is 3.57 Å². The molecule has 5 heteroatoms. The number of ether oxygens (including phenoxy) is 1. The van der Waals surface area contributed by atoms with Crippen molar-refractivity contribution in [1.82, 2.24) is 0 Å². The summed E-state index contributed by atoms with van der Waals surface area (Å²) in [5.74, 6) is -0.404. The summed E-state index contributed by atoms with van der Waals surface area (Å²) in [6.07, 6.45) is -0.567. The Hall–Kier alpha value is -1.11. The second-order valence-corrected chi connectivity index (χ2v) is 4.49. The summed E-state index contributed by atoms with van der Waals surface area (Å²) < 4.78 is 6.04. The first-order valence-electron chi connectivity index (χ1n) is 4.69. The van der Waals surface area contributed by atoms with E-state index in [0.29, 0.717) is 5.71 Å². The van der Waals surface area contributed by atoms with Gasteiger partial charge in [-0.1, -0.05) is 17.3 Å². The third-order valence-corrected chi connectivity index (χ3v) is 2.69. The molecule has 0 spiro atoms. The average Bonchev–Trinajstić information content (AvgIpc) is 2.21. The first-order valence-corrected chi connectivity index (χ1v) is 5.77. The molecule has 0 bridgehead atoms. The SMILES string of the molecule is CC(=O)OC(C)/C(=N\O)c1ccc(I)cc1. The number of oxime groups is 1. The second-order valence-electron chi connectivity index (χ2n) is 3.24. The van der Waals surface area contributed by atoms with Crippen molar-refractivity contribution in [2.24, 2.45) is 5.16 Å². The quantitative estimate of drug-likeness (QED) is 0.304. The van der Waals surface area contributed by atoms with Crippen LogP contribution in [-0.4, -0.2) is 23.0 Å². The van der Waals surface area contributed by atoms with E-state index in [9.17, 15) is 4.79 Å². The van der Waals surface area contributed by atoms with Gasteiger partial charge in [-0.05, 0) is 41.6 Å². The molecule has 4 nitrogen and oxygen atoms in total. The number of nitrogens with zero attached hydrogens (tertiary/aromatic N) is 1. The van der Waals surface area contributed by atoms with Gasteiger partial charge in [0, 0.05) is 16.1 Å². The Kier molecular flexibility index (Phi) is 4.72. The number of hydrogen-bond donors (Lipinski definition) is 1. The molecule has 0 aliphatic rings. The lowest BCUT2D eigenvalue weighted by Crippen LogP contribution is -2.24. The number of carbonyl (C=O) groups is 1. The minimum atomic E-state index is -0.567. The van der Waals surface area contributed by atoms with Crippen LogP contribution in [0.3, 0.4) is 0 Å². The lowest BCUT2D eigenvalue weighted by Gasteiger charge is -2.13. The Morgan fingerprint density at radius 3 is 2.44 bits per heavy atom. The van der Waals surface area contributed by atoms with Crippen molar-refractivity contribution in [1.29, 1.82) is 0 Å². The molecule has 1 atom stereocenters. The molecule has 0 radical (unpaired) electrons. The van der Waals surface area contributed by atoms with Gasteiger partial charge in [-0.25, -0.2) is 0 Å². The predicted octanol–water partition coefficient (Wildman–Crippen LogP) is 2.42. The molecule has 0 saturated heterocycles. The van der Waals surface area contributed by atoms with Crippen molar-refractivity contribution in [3.63, 3.8) is 0 Å². The summed E-state index contributed by atoms with van der Waals surface area (Å²) in [5.41, 5.74) is 1.07. The number of rotatable bonds is 3. The van der Waals surface area contributed by atoms with Crippen LogP contribution >= 0.6 is 22.6 Å². The fourth-order valence-corrected chi connectivity index (χ4v) is 1.66. The molecule has 0 amide bonds. The predicted molar refractivity (Wildman–Crippen MR) is 68.7 cm³/mol. The van der Waals surface area contributed by atoms with Crippen molar-refractivity contribution >= 4 is 34.3 Å². The molecular formula is C11H12INO3. The van der Waals surface area contributed by atoms with E-state index in [-0.39, 0.29) is 0 Å². The molecule has 1 rings (SSSR count). The second kappa shape index (κ2) is 5.83. The number of carbonyl (C=O) groups excluding carboxylic acids is 1. The van der Waals surface area contributed by atoms with E-state index in [0.717, 1.165) is 9.13 Å². The van der Waals surface area contributed by atoms with Gasteiger partial charge < -0.3 is 9.94 Å². The van der Waals surface area contributed by atoms with Crippen molar-refractivity contribution in [2.45, 2.75) is 20.0 Å². The summed E-state index contributed by atoms with van der Waals surface area (Å²) in [4.78, 5) is 10.8. The molecule has 16 heavy (non-hydrogen) atoms. The maximum absolute atomic E-state index is 10.8. The highest BCUT2D eigenvalue weighted by atomic mass is 127. The molecule has 86 valence electrons. The summed E-state index contributed by atoms with van der Waals surface area (Å²) in [7, 11) is 0. The minimum absolute atomic E-state index is 0.339.